The predicted octanol–water partition coefficient (Wildman–Crippen LogP) is 2.95. The van der Waals surface area contributed by atoms with Crippen molar-refractivity contribution in [3.8, 4) is 0 Å². The van der Waals surface area contributed by atoms with Crippen LogP contribution in [0.3, 0.4) is 0 Å². The lowest BCUT2D eigenvalue weighted by Gasteiger charge is -2.02. The standard InChI is InChI=1S/C15H23NO3S/c1-4-7-12-11(5-2)10-13(20-12)15(18)16-9-6-8-14(17)19-3/h10H,4-9H2,1-3H3,(H,16,18). The minimum absolute atomic E-state index is 0.0445. The van der Waals surface area contributed by atoms with Crippen molar-refractivity contribution in [3.63, 3.8) is 0 Å². The lowest BCUT2D eigenvalue weighted by atomic mass is 10.1. The Morgan fingerprint density at radius 1 is 1.35 bits per heavy atom. The minimum Gasteiger partial charge on any atom is -0.469 e. The summed E-state index contributed by atoms with van der Waals surface area (Å²) in [7, 11) is 1.37. The smallest absolute Gasteiger partial charge is 0.305 e. The summed E-state index contributed by atoms with van der Waals surface area (Å²) >= 11 is 1.58. The first kappa shape index (κ1) is 16.7. The average Bonchev–Trinajstić information content (AvgIpc) is 2.86. The molecule has 1 heterocycles. The molecule has 1 N–H and O–H groups in total. The second kappa shape index (κ2) is 8.74. The quantitative estimate of drug-likeness (QED) is 0.593. The lowest BCUT2D eigenvalue weighted by molar-refractivity contribution is -0.140. The van der Waals surface area contributed by atoms with Gasteiger partial charge in [-0.15, -0.1) is 11.3 Å². The molecule has 0 saturated carbocycles. The zero-order chi connectivity index (χ0) is 15.0. The van der Waals surface area contributed by atoms with Crippen LogP contribution in [0.25, 0.3) is 0 Å². The Kier molecular flexibility index (Phi) is 7.30. The van der Waals surface area contributed by atoms with Crippen molar-refractivity contribution in [3.05, 3.63) is 21.4 Å². The molecule has 112 valence electrons. The van der Waals surface area contributed by atoms with Crippen LogP contribution in [0.4, 0.5) is 0 Å². The van der Waals surface area contributed by atoms with Crippen molar-refractivity contribution in [1.29, 1.82) is 0 Å². The van der Waals surface area contributed by atoms with Gasteiger partial charge >= 0.3 is 5.97 Å². The Labute approximate surface area is 124 Å². The van der Waals surface area contributed by atoms with Crippen LogP contribution >= 0.6 is 11.3 Å². The van der Waals surface area contributed by atoms with Gasteiger partial charge in [0.25, 0.3) is 5.91 Å². The van der Waals surface area contributed by atoms with Crippen molar-refractivity contribution in [2.24, 2.45) is 0 Å². The van der Waals surface area contributed by atoms with E-state index in [0.717, 1.165) is 24.1 Å². The van der Waals surface area contributed by atoms with Gasteiger partial charge in [0, 0.05) is 17.8 Å². The number of hydrogen-bond donors (Lipinski definition) is 1. The summed E-state index contributed by atoms with van der Waals surface area (Å²) in [5, 5.41) is 2.85. The molecule has 0 unspecified atom stereocenters. The van der Waals surface area contributed by atoms with E-state index in [1.165, 1.54) is 17.6 Å². The molecule has 0 bridgehead atoms. The Bertz CT molecular complexity index is 454. The van der Waals surface area contributed by atoms with Gasteiger partial charge in [-0.2, -0.15) is 0 Å². The third-order valence-electron chi connectivity index (χ3n) is 3.05. The van der Waals surface area contributed by atoms with Gasteiger partial charge in [-0.25, -0.2) is 0 Å². The van der Waals surface area contributed by atoms with Gasteiger partial charge in [0.1, 0.15) is 0 Å². The highest BCUT2D eigenvalue weighted by molar-refractivity contribution is 7.14. The van der Waals surface area contributed by atoms with Crippen LogP contribution < -0.4 is 5.32 Å². The topological polar surface area (TPSA) is 55.4 Å². The van der Waals surface area contributed by atoms with Crippen molar-refractivity contribution in [1.82, 2.24) is 5.32 Å². The molecule has 0 saturated heterocycles. The molecule has 0 aliphatic carbocycles. The van der Waals surface area contributed by atoms with Gasteiger partial charge in [0.15, 0.2) is 0 Å². The fraction of sp³-hybridized carbons (Fsp3) is 0.600. The monoisotopic (exact) mass is 297 g/mol. The number of methoxy groups -OCH3 is 1. The summed E-state index contributed by atoms with van der Waals surface area (Å²) in [4.78, 5) is 25.1. The van der Waals surface area contributed by atoms with Crippen LogP contribution in [0.15, 0.2) is 6.07 Å². The first-order chi connectivity index (χ1) is 9.62. The molecule has 0 spiro atoms. The molecule has 0 atom stereocenters. The highest BCUT2D eigenvalue weighted by atomic mass is 32.1. The van der Waals surface area contributed by atoms with E-state index in [9.17, 15) is 9.59 Å². The van der Waals surface area contributed by atoms with Gasteiger partial charge in [0.05, 0.1) is 12.0 Å². The van der Waals surface area contributed by atoms with Gasteiger partial charge in [-0.3, -0.25) is 9.59 Å². The number of carbonyl (C=O) groups is 2. The molecule has 1 aromatic heterocycles. The van der Waals surface area contributed by atoms with Crippen molar-refractivity contribution < 1.29 is 14.3 Å². The molecule has 5 heteroatoms. The van der Waals surface area contributed by atoms with E-state index in [2.05, 4.69) is 23.9 Å². The van der Waals surface area contributed by atoms with E-state index in [0.29, 0.717) is 19.4 Å². The molecule has 1 rings (SSSR count). The normalized spacial score (nSPS) is 10.3. The Hall–Kier alpha value is -1.36. The number of thiophene rings is 1. The summed E-state index contributed by atoms with van der Waals surface area (Å²) in [6.07, 6.45) is 4.02. The SMILES string of the molecule is CCCc1sc(C(=O)NCCCC(=O)OC)cc1CC. The molecular weight excluding hydrogens is 274 g/mol. The molecule has 0 fully saturated rings. The van der Waals surface area contributed by atoms with Crippen LogP contribution in [0.2, 0.25) is 0 Å². The summed E-state index contributed by atoms with van der Waals surface area (Å²) in [6, 6.07) is 1.99. The largest absolute Gasteiger partial charge is 0.469 e. The van der Waals surface area contributed by atoms with Crippen molar-refractivity contribution in [2.45, 2.75) is 46.0 Å². The van der Waals surface area contributed by atoms with E-state index in [1.807, 2.05) is 6.07 Å². The van der Waals surface area contributed by atoms with E-state index < -0.39 is 0 Å². The van der Waals surface area contributed by atoms with Crippen LogP contribution in [-0.2, 0) is 22.4 Å². The first-order valence-electron chi connectivity index (χ1n) is 7.08. The number of rotatable bonds is 8. The third-order valence-corrected chi connectivity index (χ3v) is 4.29. The molecule has 0 aliphatic heterocycles. The number of ether oxygens (including phenoxy) is 1. The van der Waals surface area contributed by atoms with E-state index in [-0.39, 0.29) is 11.9 Å². The number of esters is 1. The van der Waals surface area contributed by atoms with Crippen molar-refractivity contribution >= 4 is 23.2 Å². The number of amides is 1. The fourth-order valence-corrected chi connectivity index (χ4v) is 3.21. The second-order valence-corrected chi connectivity index (χ2v) is 5.73. The van der Waals surface area contributed by atoms with Crippen LogP contribution in [0.5, 0.6) is 0 Å². The average molecular weight is 297 g/mol. The highest BCUT2D eigenvalue weighted by Crippen LogP contribution is 2.24. The number of hydrogen-bond acceptors (Lipinski definition) is 4. The number of nitrogens with one attached hydrogen (secondary N) is 1. The van der Waals surface area contributed by atoms with Gasteiger partial charge < -0.3 is 10.1 Å². The van der Waals surface area contributed by atoms with E-state index >= 15 is 0 Å². The summed E-state index contributed by atoms with van der Waals surface area (Å²) in [6.45, 7) is 4.75. The highest BCUT2D eigenvalue weighted by Gasteiger charge is 2.13. The van der Waals surface area contributed by atoms with Gasteiger partial charge in [-0.1, -0.05) is 20.3 Å². The maximum absolute atomic E-state index is 12.0. The second-order valence-electron chi connectivity index (χ2n) is 4.60. The van der Waals surface area contributed by atoms with Crippen LogP contribution in [0.1, 0.15) is 53.2 Å². The van der Waals surface area contributed by atoms with Crippen molar-refractivity contribution in [2.75, 3.05) is 13.7 Å². The summed E-state index contributed by atoms with van der Waals surface area (Å²) in [5.74, 6) is -0.286. The first-order valence-corrected chi connectivity index (χ1v) is 7.90. The van der Waals surface area contributed by atoms with Gasteiger partial charge in [-0.05, 0) is 30.9 Å². The molecule has 4 nitrogen and oxygen atoms in total. The molecule has 0 radical (unpaired) electrons. The molecule has 0 aromatic carbocycles. The van der Waals surface area contributed by atoms with Crippen LogP contribution in [0, 0.1) is 0 Å². The maximum atomic E-state index is 12.0. The Morgan fingerprint density at radius 3 is 2.70 bits per heavy atom. The zero-order valence-electron chi connectivity index (χ0n) is 12.5. The molecular formula is C15H23NO3S. The Balaban J connectivity index is 2.48. The molecule has 1 amide bonds. The third kappa shape index (κ3) is 4.96. The Morgan fingerprint density at radius 2 is 2.10 bits per heavy atom. The predicted molar refractivity (Wildman–Crippen MR) is 81.3 cm³/mol. The fourth-order valence-electron chi connectivity index (χ4n) is 1.94. The van der Waals surface area contributed by atoms with E-state index in [4.69, 9.17) is 0 Å². The number of carbonyl (C=O) groups excluding carboxylic acids is 2. The molecule has 20 heavy (non-hydrogen) atoms. The van der Waals surface area contributed by atoms with Gasteiger partial charge in [0.2, 0.25) is 0 Å². The summed E-state index contributed by atoms with van der Waals surface area (Å²) in [5.41, 5.74) is 1.27. The lowest BCUT2D eigenvalue weighted by Crippen LogP contribution is -2.24. The zero-order valence-corrected chi connectivity index (χ0v) is 13.3. The maximum Gasteiger partial charge on any atom is 0.305 e. The van der Waals surface area contributed by atoms with E-state index in [1.54, 1.807) is 11.3 Å². The number of aryl methyl sites for hydroxylation is 2. The molecule has 0 aliphatic rings. The summed E-state index contributed by atoms with van der Waals surface area (Å²) < 4.78 is 4.55. The molecule has 1 aromatic rings. The minimum atomic E-state index is -0.242. The van der Waals surface area contributed by atoms with Crippen LogP contribution in [-0.4, -0.2) is 25.5 Å².